The van der Waals surface area contributed by atoms with E-state index in [1.807, 2.05) is 0 Å². The first-order valence-corrected chi connectivity index (χ1v) is 40.3. The van der Waals surface area contributed by atoms with Crippen molar-refractivity contribution >= 4 is 39.5 Å². The lowest BCUT2D eigenvalue weighted by Crippen LogP contribution is -2.30. The number of hydrogen-bond acceptors (Lipinski definition) is 15. The number of carbonyl (C=O) groups excluding carboxylic acids is 4. The van der Waals surface area contributed by atoms with E-state index in [1.54, 1.807) is 0 Å². The molecule has 0 aliphatic rings. The maximum Gasteiger partial charge on any atom is 0.472 e. The van der Waals surface area contributed by atoms with Crippen molar-refractivity contribution in [3.8, 4) is 0 Å². The molecule has 0 saturated heterocycles. The van der Waals surface area contributed by atoms with Gasteiger partial charge in [-0.15, -0.1) is 0 Å². The highest BCUT2D eigenvalue weighted by Crippen LogP contribution is 2.45. The molecule has 0 aliphatic carbocycles. The van der Waals surface area contributed by atoms with Crippen molar-refractivity contribution in [3.05, 3.63) is 0 Å². The number of hydrogen-bond donors (Lipinski definition) is 3. The number of phosphoric acid groups is 2. The van der Waals surface area contributed by atoms with Gasteiger partial charge in [0.05, 0.1) is 26.4 Å². The average Bonchev–Trinajstić information content (AvgIpc) is 3.73. The first-order valence-electron chi connectivity index (χ1n) is 37.3. The van der Waals surface area contributed by atoms with Crippen LogP contribution in [0.4, 0.5) is 0 Å². The van der Waals surface area contributed by atoms with Crippen molar-refractivity contribution in [1.82, 2.24) is 0 Å². The van der Waals surface area contributed by atoms with Crippen LogP contribution >= 0.6 is 15.6 Å². The zero-order valence-corrected chi connectivity index (χ0v) is 61.3. The Morgan fingerprint density at radius 2 is 0.527 bits per heavy atom. The van der Waals surface area contributed by atoms with Crippen LogP contribution in [0.5, 0.6) is 0 Å². The molecule has 0 amide bonds. The lowest BCUT2D eigenvalue weighted by Gasteiger charge is -2.21. The third kappa shape index (κ3) is 63.9. The summed E-state index contributed by atoms with van der Waals surface area (Å²) >= 11 is 0. The van der Waals surface area contributed by atoms with Gasteiger partial charge in [0.2, 0.25) is 0 Å². The first kappa shape index (κ1) is 89.1. The Hall–Kier alpha value is -1.94. The van der Waals surface area contributed by atoms with Crippen LogP contribution in [0.2, 0.25) is 0 Å². The highest BCUT2D eigenvalue weighted by Gasteiger charge is 2.30. The van der Waals surface area contributed by atoms with Crippen LogP contribution in [0.25, 0.3) is 0 Å². The molecule has 7 atom stereocenters. The maximum atomic E-state index is 13.0. The number of aliphatic hydroxyl groups excluding tert-OH is 1. The third-order valence-electron chi connectivity index (χ3n) is 17.3. The number of unbranched alkanes of at least 4 members (excludes halogenated alkanes) is 33. The van der Waals surface area contributed by atoms with Crippen LogP contribution in [0.3, 0.4) is 0 Å². The van der Waals surface area contributed by atoms with Gasteiger partial charge in [-0.05, 0) is 49.4 Å². The van der Waals surface area contributed by atoms with E-state index in [0.29, 0.717) is 25.7 Å². The van der Waals surface area contributed by atoms with E-state index in [1.165, 1.54) is 154 Å². The average molecular weight is 1340 g/mol. The van der Waals surface area contributed by atoms with E-state index in [0.717, 1.165) is 120 Å². The van der Waals surface area contributed by atoms with E-state index in [-0.39, 0.29) is 25.7 Å². The molecule has 0 spiro atoms. The summed E-state index contributed by atoms with van der Waals surface area (Å²) in [6, 6.07) is 0. The highest BCUT2D eigenvalue weighted by atomic mass is 31.2. The quantitative estimate of drug-likeness (QED) is 0.0222. The Morgan fingerprint density at radius 1 is 0.308 bits per heavy atom. The van der Waals surface area contributed by atoms with E-state index in [2.05, 4.69) is 55.4 Å². The van der Waals surface area contributed by atoms with Crippen LogP contribution in [0.15, 0.2) is 0 Å². The van der Waals surface area contributed by atoms with Crippen molar-refractivity contribution < 1.29 is 80.2 Å². The van der Waals surface area contributed by atoms with E-state index >= 15 is 0 Å². The molecule has 0 aromatic rings. The van der Waals surface area contributed by atoms with Gasteiger partial charge in [-0.3, -0.25) is 37.3 Å². The summed E-state index contributed by atoms with van der Waals surface area (Å²) < 4.78 is 68.4. The maximum absolute atomic E-state index is 13.0. The van der Waals surface area contributed by atoms with Gasteiger partial charge in [-0.25, -0.2) is 9.13 Å². The number of rotatable bonds is 69. The van der Waals surface area contributed by atoms with E-state index < -0.39 is 97.5 Å². The zero-order chi connectivity index (χ0) is 67.5. The SMILES string of the molecule is CCC(C)CCCCCCCCCCC(=O)OC[C@H](COP(=O)(O)OC[C@@H](O)COP(=O)(O)OC[C@@H](COC(=O)CCCCCCCCC(C)CC)OC(=O)CCCCCCCCCCCCCCCCC(C)C)OC(=O)CCCCCCCCCCCC(C)C. The van der Waals surface area contributed by atoms with Gasteiger partial charge in [0, 0.05) is 25.7 Å². The Kier molecular flexibility index (Phi) is 60.3. The fourth-order valence-corrected chi connectivity index (χ4v) is 12.4. The molecule has 0 saturated carbocycles. The van der Waals surface area contributed by atoms with E-state index in [9.17, 15) is 43.2 Å². The molecule has 0 radical (unpaired) electrons. The minimum absolute atomic E-state index is 0.104. The molecule has 91 heavy (non-hydrogen) atoms. The molecule has 19 heteroatoms. The molecule has 3 N–H and O–H groups in total. The van der Waals surface area contributed by atoms with Crippen molar-refractivity contribution in [2.75, 3.05) is 39.6 Å². The Bertz CT molecular complexity index is 1800. The molecule has 17 nitrogen and oxygen atoms in total. The number of carbonyl (C=O) groups is 4. The summed E-state index contributed by atoms with van der Waals surface area (Å²) in [4.78, 5) is 72.6. The molecule has 0 aliphatic heterocycles. The monoisotopic (exact) mass is 1340 g/mol. The van der Waals surface area contributed by atoms with Crippen LogP contribution in [-0.4, -0.2) is 96.7 Å². The van der Waals surface area contributed by atoms with Crippen LogP contribution in [0, 0.1) is 23.7 Å². The minimum atomic E-state index is -4.95. The van der Waals surface area contributed by atoms with Crippen LogP contribution < -0.4 is 0 Å². The summed E-state index contributed by atoms with van der Waals surface area (Å²) in [5, 5.41) is 10.6. The summed E-state index contributed by atoms with van der Waals surface area (Å²) in [5.74, 6) is 0.912. The number of aliphatic hydroxyl groups is 1. The summed E-state index contributed by atoms with van der Waals surface area (Å²) in [7, 11) is -9.91. The van der Waals surface area contributed by atoms with Gasteiger partial charge < -0.3 is 33.8 Å². The number of ether oxygens (including phenoxy) is 4. The Morgan fingerprint density at radius 3 is 0.780 bits per heavy atom. The molecule has 0 fully saturated rings. The Balaban J connectivity index is 5.25. The normalized spacial score (nSPS) is 14.8. The first-order chi connectivity index (χ1) is 43.7. The van der Waals surface area contributed by atoms with Gasteiger partial charge in [0.25, 0.3) is 0 Å². The molecule has 0 rings (SSSR count). The molecular weight excluding hydrogens is 1200 g/mol. The second kappa shape index (κ2) is 61.6. The topological polar surface area (TPSA) is 237 Å². The fraction of sp³-hybridized carbons (Fsp3) is 0.944. The molecule has 540 valence electrons. The van der Waals surface area contributed by atoms with Gasteiger partial charge in [0.15, 0.2) is 12.2 Å². The van der Waals surface area contributed by atoms with Crippen molar-refractivity contribution in [3.63, 3.8) is 0 Å². The summed E-state index contributed by atoms with van der Waals surface area (Å²) in [5.41, 5.74) is 0. The second-order valence-electron chi connectivity index (χ2n) is 27.4. The molecule has 0 aromatic carbocycles. The third-order valence-corrected chi connectivity index (χ3v) is 19.2. The van der Waals surface area contributed by atoms with Crippen LogP contribution in [-0.2, 0) is 65.4 Å². The van der Waals surface area contributed by atoms with Gasteiger partial charge in [0.1, 0.15) is 19.3 Å². The smallest absolute Gasteiger partial charge is 0.462 e. The minimum Gasteiger partial charge on any atom is -0.462 e. The van der Waals surface area contributed by atoms with Gasteiger partial charge in [-0.2, -0.15) is 0 Å². The van der Waals surface area contributed by atoms with Crippen molar-refractivity contribution in [1.29, 1.82) is 0 Å². The lowest BCUT2D eigenvalue weighted by molar-refractivity contribution is -0.161. The predicted molar refractivity (Wildman–Crippen MR) is 367 cm³/mol. The molecule has 4 unspecified atom stereocenters. The largest absolute Gasteiger partial charge is 0.472 e. The number of esters is 4. The van der Waals surface area contributed by atoms with Gasteiger partial charge in [-0.1, -0.05) is 306 Å². The van der Waals surface area contributed by atoms with Crippen molar-refractivity contribution in [2.45, 2.75) is 375 Å². The fourth-order valence-electron chi connectivity index (χ4n) is 10.8. The molecular formula is C72H140O17P2. The molecule has 0 bridgehead atoms. The van der Waals surface area contributed by atoms with Crippen molar-refractivity contribution in [2.24, 2.45) is 23.7 Å². The summed E-state index contributed by atoms with van der Waals surface area (Å²) in [6.45, 7) is 14.1. The predicted octanol–water partition coefficient (Wildman–Crippen LogP) is 20.5. The standard InChI is InChI=1S/C72H140O17P2/c1-9-64(7)50-42-34-26-22-23-27-36-44-52-69(74)82-58-67(88-72(77)55-47-39-29-21-17-19-25-33-41-49-63(5)6)60-86-90(78,79)84-56-66(73)57-85-91(80,81)87-61-68(59-83-70(75)53-45-37-31-30-35-43-51-65(8)10-2)89-71(76)54-46-38-28-20-16-14-12-11-13-15-18-24-32-40-48-62(3)4/h62-68,73H,9-61H2,1-8H3,(H,78,79)(H,80,81)/t64?,65?,66-,67-,68-/m1/s1. The van der Waals surface area contributed by atoms with Gasteiger partial charge >= 0.3 is 39.5 Å². The molecule has 0 aromatic heterocycles. The number of phosphoric ester groups is 2. The van der Waals surface area contributed by atoms with E-state index in [4.69, 9.17) is 37.0 Å². The highest BCUT2D eigenvalue weighted by molar-refractivity contribution is 7.47. The van der Waals surface area contributed by atoms with Crippen LogP contribution in [0.1, 0.15) is 357 Å². The summed E-state index contributed by atoms with van der Waals surface area (Å²) in [6.07, 6.45) is 44.4. The Labute approximate surface area is 556 Å². The second-order valence-corrected chi connectivity index (χ2v) is 30.3. The zero-order valence-electron chi connectivity index (χ0n) is 59.5. The molecule has 0 heterocycles. The lowest BCUT2D eigenvalue weighted by atomic mass is 9.99.